The number of nitrogens with one attached hydrogen (secondary N) is 2. The van der Waals surface area contributed by atoms with Crippen LogP contribution in [0.15, 0.2) is 53.4 Å². The summed E-state index contributed by atoms with van der Waals surface area (Å²) in [4.78, 5) is 13.3. The maximum atomic E-state index is 13.3. The second-order valence-corrected chi connectivity index (χ2v) is 6.36. The molecular formula is C14H12ClFN2O4S. The summed E-state index contributed by atoms with van der Waals surface area (Å²) in [6.45, 7) is -0.564. The van der Waals surface area contributed by atoms with Crippen molar-refractivity contribution < 1.29 is 22.3 Å². The quantitative estimate of drug-likeness (QED) is 0.772. The van der Waals surface area contributed by atoms with Crippen LogP contribution >= 0.6 is 11.6 Å². The van der Waals surface area contributed by atoms with Gasteiger partial charge in [0.1, 0.15) is 4.90 Å². The number of hydrazine groups is 1. The predicted molar refractivity (Wildman–Crippen MR) is 81.8 cm³/mol. The molecular weight excluding hydrogens is 347 g/mol. The van der Waals surface area contributed by atoms with Crippen LogP contribution in [0.4, 0.5) is 4.39 Å². The molecule has 0 aliphatic carbocycles. The number of carbonyl (C=O) groups is 1. The normalized spacial score (nSPS) is 11.0. The number of amides is 1. The van der Waals surface area contributed by atoms with E-state index in [0.717, 1.165) is 0 Å². The highest BCUT2D eigenvalue weighted by Gasteiger charge is 2.18. The number of halogens is 2. The molecule has 0 heterocycles. The Balaban J connectivity index is 1.92. The molecule has 2 N–H and O–H groups in total. The first-order valence-electron chi connectivity index (χ1n) is 6.32. The fourth-order valence-electron chi connectivity index (χ4n) is 1.58. The van der Waals surface area contributed by atoms with Crippen molar-refractivity contribution in [3.05, 3.63) is 59.4 Å². The van der Waals surface area contributed by atoms with Crippen molar-refractivity contribution in [2.75, 3.05) is 6.61 Å². The van der Waals surface area contributed by atoms with Crippen LogP contribution in [0.3, 0.4) is 0 Å². The van der Waals surface area contributed by atoms with Crippen molar-refractivity contribution in [2.45, 2.75) is 4.90 Å². The minimum absolute atomic E-state index is 0.0110. The first-order chi connectivity index (χ1) is 10.9. The van der Waals surface area contributed by atoms with Gasteiger partial charge in [0, 0.05) is 0 Å². The molecule has 0 unspecified atom stereocenters. The van der Waals surface area contributed by atoms with Crippen LogP contribution in [0.1, 0.15) is 0 Å². The summed E-state index contributed by atoms with van der Waals surface area (Å²) < 4.78 is 42.2. The largest absolute Gasteiger partial charge is 0.481 e. The standard InChI is InChI=1S/C14H12ClFN2O4S/c15-10-5-1-4-8-13(10)23(20,21)18-17-14(19)9-22-12-7-3-2-6-11(12)16/h1-8,18H,9H2,(H,17,19). The average Bonchev–Trinajstić information content (AvgIpc) is 2.52. The van der Waals surface area contributed by atoms with Gasteiger partial charge in [-0.05, 0) is 24.3 Å². The van der Waals surface area contributed by atoms with Crippen LogP contribution in [0.5, 0.6) is 5.75 Å². The molecule has 0 saturated heterocycles. The molecule has 0 aliphatic rings. The SMILES string of the molecule is O=C(COc1ccccc1F)NNS(=O)(=O)c1ccccc1Cl. The fraction of sp³-hybridized carbons (Fsp3) is 0.0714. The number of sulfonamides is 1. The van der Waals surface area contributed by atoms with Crippen LogP contribution in [-0.4, -0.2) is 20.9 Å². The predicted octanol–water partition coefficient (Wildman–Crippen LogP) is 1.87. The molecule has 0 aromatic heterocycles. The summed E-state index contributed by atoms with van der Waals surface area (Å²) >= 11 is 5.78. The molecule has 23 heavy (non-hydrogen) atoms. The van der Waals surface area contributed by atoms with Crippen molar-refractivity contribution >= 4 is 27.5 Å². The Labute approximate surface area is 137 Å². The van der Waals surface area contributed by atoms with Crippen LogP contribution in [-0.2, 0) is 14.8 Å². The van der Waals surface area contributed by atoms with Gasteiger partial charge in [-0.15, -0.1) is 4.83 Å². The van der Waals surface area contributed by atoms with Gasteiger partial charge in [-0.1, -0.05) is 35.9 Å². The number of para-hydroxylation sites is 1. The molecule has 0 fully saturated rings. The fourth-order valence-corrected chi connectivity index (χ4v) is 2.96. The zero-order chi connectivity index (χ0) is 16.9. The van der Waals surface area contributed by atoms with Crippen molar-refractivity contribution in [3.63, 3.8) is 0 Å². The lowest BCUT2D eigenvalue weighted by Crippen LogP contribution is -2.43. The van der Waals surface area contributed by atoms with Crippen LogP contribution in [0.25, 0.3) is 0 Å². The third kappa shape index (κ3) is 4.65. The molecule has 1 amide bonds. The van der Waals surface area contributed by atoms with Gasteiger partial charge in [-0.2, -0.15) is 0 Å². The molecule has 2 rings (SSSR count). The highest BCUT2D eigenvalue weighted by molar-refractivity contribution is 7.89. The second-order valence-electron chi connectivity index (χ2n) is 4.30. The summed E-state index contributed by atoms with van der Waals surface area (Å²) in [5.74, 6) is -1.54. The zero-order valence-corrected chi connectivity index (χ0v) is 13.2. The molecule has 122 valence electrons. The van der Waals surface area contributed by atoms with E-state index < -0.39 is 28.4 Å². The number of rotatable bonds is 6. The van der Waals surface area contributed by atoms with Gasteiger partial charge < -0.3 is 4.74 Å². The lowest BCUT2D eigenvalue weighted by molar-refractivity contribution is -0.123. The van der Waals surface area contributed by atoms with E-state index in [2.05, 4.69) is 0 Å². The van der Waals surface area contributed by atoms with Crippen molar-refractivity contribution in [1.29, 1.82) is 0 Å². The van der Waals surface area contributed by atoms with E-state index >= 15 is 0 Å². The number of benzene rings is 2. The molecule has 0 saturated carbocycles. The van der Waals surface area contributed by atoms with Crippen molar-refractivity contribution in [1.82, 2.24) is 10.3 Å². The summed E-state index contributed by atoms with van der Waals surface area (Å²) in [6.07, 6.45) is 0. The van der Waals surface area contributed by atoms with E-state index in [1.54, 1.807) is 6.07 Å². The highest BCUT2D eigenvalue weighted by atomic mass is 35.5. The van der Waals surface area contributed by atoms with Gasteiger partial charge in [0.25, 0.3) is 15.9 Å². The van der Waals surface area contributed by atoms with Gasteiger partial charge >= 0.3 is 0 Å². The van der Waals surface area contributed by atoms with E-state index in [1.165, 1.54) is 42.5 Å². The monoisotopic (exact) mass is 358 g/mol. The third-order valence-corrected chi connectivity index (χ3v) is 4.39. The van der Waals surface area contributed by atoms with Gasteiger partial charge in [0.15, 0.2) is 18.2 Å². The molecule has 2 aromatic rings. The summed E-state index contributed by atoms with van der Waals surface area (Å²) in [7, 11) is -4.02. The number of ether oxygens (including phenoxy) is 1. The Hall–Kier alpha value is -2.16. The average molecular weight is 359 g/mol. The molecule has 0 spiro atoms. The lowest BCUT2D eigenvalue weighted by Gasteiger charge is -2.10. The summed E-state index contributed by atoms with van der Waals surface area (Å²) in [5, 5.41) is 0.0110. The van der Waals surface area contributed by atoms with Crippen LogP contribution in [0.2, 0.25) is 5.02 Å². The molecule has 9 heteroatoms. The third-order valence-electron chi connectivity index (χ3n) is 2.65. The molecule has 0 bridgehead atoms. The number of hydrogen-bond acceptors (Lipinski definition) is 4. The first-order valence-corrected chi connectivity index (χ1v) is 8.19. The minimum atomic E-state index is -4.02. The molecule has 0 radical (unpaired) electrons. The Bertz CT molecular complexity index is 814. The van der Waals surface area contributed by atoms with E-state index in [4.69, 9.17) is 16.3 Å². The second kappa shape index (κ2) is 7.40. The van der Waals surface area contributed by atoms with Gasteiger partial charge in [-0.3, -0.25) is 10.2 Å². The van der Waals surface area contributed by atoms with Gasteiger partial charge in [-0.25, -0.2) is 12.8 Å². The number of hydrogen-bond donors (Lipinski definition) is 2. The first kappa shape index (κ1) is 17.2. The maximum absolute atomic E-state index is 13.3. The van der Waals surface area contributed by atoms with Gasteiger partial charge in [0.05, 0.1) is 5.02 Å². The highest BCUT2D eigenvalue weighted by Crippen LogP contribution is 2.19. The van der Waals surface area contributed by atoms with E-state index in [9.17, 15) is 17.6 Å². The topological polar surface area (TPSA) is 84.5 Å². The van der Waals surface area contributed by atoms with Crippen molar-refractivity contribution in [2.24, 2.45) is 0 Å². The van der Waals surface area contributed by atoms with E-state index in [0.29, 0.717) is 0 Å². The Morgan fingerprint density at radius 3 is 2.48 bits per heavy atom. The Kier molecular flexibility index (Phi) is 5.54. The molecule has 0 aliphatic heterocycles. The van der Waals surface area contributed by atoms with Gasteiger partial charge in [0.2, 0.25) is 0 Å². The zero-order valence-electron chi connectivity index (χ0n) is 11.6. The summed E-state index contributed by atoms with van der Waals surface area (Å²) in [6, 6.07) is 11.3. The smallest absolute Gasteiger partial charge is 0.272 e. The van der Waals surface area contributed by atoms with Crippen LogP contribution in [0, 0.1) is 5.82 Å². The Morgan fingerprint density at radius 1 is 1.13 bits per heavy atom. The number of carbonyl (C=O) groups excluding carboxylic acids is 1. The van der Waals surface area contributed by atoms with E-state index in [1.807, 2.05) is 10.3 Å². The summed E-state index contributed by atoms with van der Waals surface area (Å²) in [5.41, 5.74) is 1.96. The molecule has 0 atom stereocenters. The maximum Gasteiger partial charge on any atom is 0.272 e. The van der Waals surface area contributed by atoms with E-state index in [-0.39, 0.29) is 15.7 Å². The lowest BCUT2D eigenvalue weighted by atomic mass is 10.3. The van der Waals surface area contributed by atoms with Crippen LogP contribution < -0.4 is 15.0 Å². The molecule has 2 aromatic carbocycles. The van der Waals surface area contributed by atoms with Crippen molar-refractivity contribution in [3.8, 4) is 5.75 Å². The minimum Gasteiger partial charge on any atom is -0.481 e. The molecule has 6 nitrogen and oxygen atoms in total. The Morgan fingerprint density at radius 2 is 1.78 bits per heavy atom.